The summed E-state index contributed by atoms with van der Waals surface area (Å²) in [6.45, 7) is 23.0. The Morgan fingerprint density at radius 3 is 2.53 bits per heavy atom. The van der Waals surface area contributed by atoms with Crippen LogP contribution in [0.4, 0.5) is 0 Å². The number of nitrogens with zero attached hydrogens (tertiary/aromatic N) is 4. The zero-order valence-corrected chi connectivity index (χ0v) is 22.3. The fourth-order valence-corrected chi connectivity index (χ4v) is 5.35. The molecule has 5 nitrogen and oxygen atoms in total. The zero-order chi connectivity index (χ0) is 23.7. The second kappa shape index (κ2) is 9.54. The van der Waals surface area contributed by atoms with E-state index in [0.29, 0.717) is 12.1 Å². The summed E-state index contributed by atoms with van der Waals surface area (Å²) in [5.74, 6) is 2.05. The molecular weight excluding hydrogens is 412 g/mol. The first-order chi connectivity index (χ1) is 14.9. The van der Waals surface area contributed by atoms with E-state index in [9.17, 15) is 0 Å². The van der Waals surface area contributed by atoms with Crippen molar-refractivity contribution in [3.8, 4) is 5.75 Å². The van der Waals surface area contributed by atoms with E-state index in [0.717, 1.165) is 31.2 Å². The minimum Gasteiger partial charge on any atom is -0.543 e. The Bertz CT molecular complexity index is 917. The van der Waals surface area contributed by atoms with Crippen molar-refractivity contribution in [3.05, 3.63) is 60.7 Å². The summed E-state index contributed by atoms with van der Waals surface area (Å²) in [4.78, 5) is 9.91. The first-order valence-corrected chi connectivity index (χ1v) is 14.7. The number of aromatic nitrogens is 2. The van der Waals surface area contributed by atoms with Crippen LogP contribution in [0.5, 0.6) is 5.75 Å². The molecular formula is C26H42N4OSi. The van der Waals surface area contributed by atoms with Gasteiger partial charge in [0.05, 0.1) is 6.04 Å². The Kier molecular flexibility index (Phi) is 7.37. The second-order valence-electron chi connectivity index (χ2n) is 10.9. The molecule has 1 aromatic carbocycles. The lowest BCUT2D eigenvalue weighted by Gasteiger charge is -2.47. The molecule has 0 unspecified atom stereocenters. The number of piperazine rings is 1. The number of imidazole rings is 1. The molecule has 0 aliphatic carbocycles. The molecule has 0 radical (unpaired) electrons. The van der Waals surface area contributed by atoms with Gasteiger partial charge in [-0.1, -0.05) is 39.0 Å². The van der Waals surface area contributed by atoms with Crippen LogP contribution in [-0.2, 0) is 7.05 Å². The van der Waals surface area contributed by atoms with Crippen LogP contribution in [0.15, 0.2) is 49.3 Å². The van der Waals surface area contributed by atoms with Crippen molar-refractivity contribution < 1.29 is 4.43 Å². The second-order valence-corrected chi connectivity index (χ2v) is 15.6. The van der Waals surface area contributed by atoms with Crippen LogP contribution in [0.25, 0.3) is 0 Å². The molecule has 1 saturated heterocycles. The third-order valence-corrected chi connectivity index (χ3v) is 11.7. The molecule has 0 N–H and O–H groups in total. The van der Waals surface area contributed by atoms with E-state index in [4.69, 9.17) is 9.41 Å². The molecule has 0 bridgehead atoms. The lowest BCUT2D eigenvalue weighted by atomic mass is 9.98. The predicted molar refractivity (Wildman–Crippen MR) is 137 cm³/mol. The molecule has 6 heteroatoms. The van der Waals surface area contributed by atoms with Gasteiger partial charge in [-0.15, -0.1) is 6.58 Å². The summed E-state index contributed by atoms with van der Waals surface area (Å²) in [5.41, 5.74) is 1.24. The predicted octanol–water partition coefficient (Wildman–Crippen LogP) is 5.47. The van der Waals surface area contributed by atoms with Crippen LogP contribution < -0.4 is 4.43 Å². The maximum Gasteiger partial charge on any atom is 0.250 e. The van der Waals surface area contributed by atoms with Crippen molar-refractivity contribution >= 4 is 8.32 Å². The van der Waals surface area contributed by atoms with Crippen LogP contribution in [-0.4, -0.2) is 59.4 Å². The molecule has 32 heavy (non-hydrogen) atoms. The van der Waals surface area contributed by atoms with E-state index >= 15 is 0 Å². The van der Waals surface area contributed by atoms with E-state index in [1.807, 2.05) is 18.5 Å². The number of hydrogen-bond donors (Lipinski definition) is 0. The van der Waals surface area contributed by atoms with Crippen molar-refractivity contribution in [3.63, 3.8) is 0 Å². The van der Waals surface area contributed by atoms with Gasteiger partial charge in [0.2, 0.25) is 8.32 Å². The molecule has 1 aliphatic heterocycles. The van der Waals surface area contributed by atoms with E-state index in [1.165, 1.54) is 5.56 Å². The van der Waals surface area contributed by atoms with Crippen LogP contribution in [0, 0.1) is 0 Å². The van der Waals surface area contributed by atoms with Crippen molar-refractivity contribution in [1.29, 1.82) is 0 Å². The fourth-order valence-electron chi connectivity index (χ4n) is 4.33. The monoisotopic (exact) mass is 454 g/mol. The van der Waals surface area contributed by atoms with Gasteiger partial charge in [-0.05, 0) is 49.7 Å². The smallest absolute Gasteiger partial charge is 0.250 e. The molecule has 0 amide bonds. The quantitative estimate of drug-likeness (QED) is 0.410. The van der Waals surface area contributed by atoms with E-state index in [1.54, 1.807) is 0 Å². The van der Waals surface area contributed by atoms with Gasteiger partial charge in [0.1, 0.15) is 11.6 Å². The van der Waals surface area contributed by atoms with Crippen LogP contribution in [0.1, 0.15) is 52.0 Å². The van der Waals surface area contributed by atoms with Gasteiger partial charge in [-0.3, -0.25) is 9.80 Å². The average Bonchev–Trinajstić information content (AvgIpc) is 3.10. The number of benzene rings is 1. The summed E-state index contributed by atoms with van der Waals surface area (Å²) in [6.07, 6.45) is 5.96. The highest BCUT2D eigenvalue weighted by Gasteiger charge is 2.40. The van der Waals surface area contributed by atoms with Crippen LogP contribution in [0.2, 0.25) is 18.1 Å². The van der Waals surface area contributed by atoms with Crippen LogP contribution >= 0.6 is 0 Å². The zero-order valence-electron chi connectivity index (χ0n) is 21.3. The Morgan fingerprint density at radius 2 is 1.94 bits per heavy atom. The molecule has 176 valence electrons. The Hall–Kier alpha value is -1.89. The Morgan fingerprint density at radius 1 is 1.22 bits per heavy atom. The summed E-state index contributed by atoms with van der Waals surface area (Å²) in [5, 5.41) is 0.160. The number of aryl methyl sites for hydroxylation is 1. The molecule has 3 rings (SSSR count). The molecule has 1 aliphatic rings. The van der Waals surface area contributed by atoms with Gasteiger partial charge >= 0.3 is 0 Å². The fraction of sp³-hybridized carbons (Fsp3) is 0.577. The third kappa shape index (κ3) is 5.19. The topological polar surface area (TPSA) is 33.5 Å². The molecule has 2 heterocycles. The lowest BCUT2D eigenvalue weighted by molar-refractivity contribution is 0.0278. The minimum atomic E-state index is -1.91. The standard InChI is InChI=1S/C26H42N4OSi/c1-10-15-29-18-21(3)30(19-20(29)2)24(25-27-14-16-28(25)7)22-12-11-13-23(17-22)31-32(8,9)26(4,5)6/h10-14,16-17,20-21,24H,1,15,18-19H2,2-9H3/t20-,21+,24+/m1/s1. The van der Waals surface area contributed by atoms with Crippen molar-refractivity contribution in [1.82, 2.24) is 19.4 Å². The lowest BCUT2D eigenvalue weighted by Crippen LogP contribution is -2.57. The summed E-state index contributed by atoms with van der Waals surface area (Å²) in [7, 11) is 0.177. The van der Waals surface area contributed by atoms with Gasteiger partial charge in [0.25, 0.3) is 0 Å². The van der Waals surface area contributed by atoms with E-state index in [2.05, 4.69) is 100.0 Å². The van der Waals surface area contributed by atoms with Gasteiger partial charge in [-0.2, -0.15) is 0 Å². The number of rotatable bonds is 7. The first-order valence-electron chi connectivity index (χ1n) is 11.8. The van der Waals surface area contributed by atoms with E-state index in [-0.39, 0.29) is 11.1 Å². The van der Waals surface area contributed by atoms with E-state index < -0.39 is 8.32 Å². The van der Waals surface area contributed by atoms with Crippen LogP contribution in [0.3, 0.4) is 0 Å². The minimum absolute atomic E-state index is 0.0845. The highest BCUT2D eigenvalue weighted by molar-refractivity contribution is 6.74. The van der Waals surface area contributed by atoms with Crippen molar-refractivity contribution in [2.24, 2.45) is 7.05 Å². The van der Waals surface area contributed by atoms with Gasteiger partial charge in [-0.25, -0.2) is 4.98 Å². The van der Waals surface area contributed by atoms with Gasteiger partial charge in [0.15, 0.2) is 0 Å². The Balaban J connectivity index is 1.98. The molecule has 1 fully saturated rings. The highest BCUT2D eigenvalue weighted by atomic mass is 28.4. The molecule has 0 spiro atoms. The van der Waals surface area contributed by atoms with Crippen molar-refractivity contribution in [2.75, 3.05) is 19.6 Å². The van der Waals surface area contributed by atoms with Crippen molar-refractivity contribution in [2.45, 2.75) is 70.9 Å². The third-order valence-electron chi connectivity index (χ3n) is 7.31. The molecule has 3 atom stereocenters. The first kappa shape index (κ1) is 24.7. The SMILES string of the molecule is C=CCN1C[C@H](C)N([C@@H](c2cccc(O[Si](C)(C)C(C)(C)C)c2)c2nccn2C)C[C@H]1C. The Labute approximate surface area is 196 Å². The average molecular weight is 455 g/mol. The number of hydrogen-bond acceptors (Lipinski definition) is 4. The molecule has 0 saturated carbocycles. The molecule has 2 aromatic rings. The largest absolute Gasteiger partial charge is 0.543 e. The normalized spacial score (nSPS) is 22.0. The highest BCUT2D eigenvalue weighted by Crippen LogP contribution is 2.39. The summed E-state index contributed by atoms with van der Waals surface area (Å²) in [6, 6.07) is 9.65. The van der Waals surface area contributed by atoms with Gasteiger partial charge < -0.3 is 8.99 Å². The maximum atomic E-state index is 6.66. The summed E-state index contributed by atoms with van der Waals surface area (Å²) >= 11 is 0. The maximum absolute atomic E-state index is 6.66. The molecule has 1 aromatic heterocycles. The van der Waals surface area contributed by atoms with Gasteiger partial charge in [0, 0.05) is 51.2 Å². The summed E-state index contributed by atoms with van der Waals surface area (Å²) < 4.78 is 8.82.